The third-order valence-corrected chi connectivity index (χ3v) is 18.4. The molecule has 8 atom stereocenters. The molecular formula is C60H70N4O8S. The third-order valence-electron chi connectivity index (χ3n) is 17.2. The van der Waals surface area contributed by atoms with Gasteiger partial charge in [-0.25, -0.2) is 4.98 Å². The summed E-state index contributed by atoms with van der Waals surface area (Å²) < 4.78 is 25.7. The molecular weight excluding hydrogens is 937 g/mol. The molecule has 0 radical (unpaired) electrons. The summed E-state index contributed by atoms with van der Waals surface area (Å²) >= 11 is 1.70. The molecule has 2 unspecified atom stereocenters. The number of carbonyl (C=O) groups is 4. The maximum Gasteiger partial charge on any atom is 0.306 e. The fourth-order valence-electron chi connectivity index (χ4n) is 13.3. The number of nitrogens with zero attached hydrogens (tertiary/aromatic N) is 4. The van der Waals surface area contributed by atoms with Crippen LogP contribution in [0, 0.1) is 36.5 Å². The number of likely N-dealkylation sites (tertiary alicyclic amines) is 2. The van der Waals surface area contributed by atoms with Gasteiger partial charge in [-0.05, 0) is 160 Å². The van der Waals surface area contributed by atoms with E-state index in [1.54, 1.807) is 11.3 Å². The Kier molecular flexibility index (Phi) is 13.2. The van der Waals surface area contributed by atoms with Crippen molar-refractivity contribution in [2.45, 2.75) is 142 Å². The first-order valence-electron chi connectivity index (χ1n) is 26.7. The number of hydrogen-bond donors (Lipinski definition) is 0. The number of ether oxygens (including phenoxy) is 4. The first-order chi connectivity index (χ1) is 35.1. The number of fused-ring (bicyclic) bond motifs is 6. The van der Waals surface area contributed by atoms with Crippen LogP contribution in [0.2, 0.25) is 0 Å². The Morgan fingerprint density at radius 3 is 2.33 bits per heavy atom. The summed E-state index contributed by atoms with van der Waals surface area (Å²) in [4.78, 5) is 64.0. The fourth-order valence-corrected chi connectivity index (χ4v) is 14.2. The van der Waals surface area contributed by atoms with E-state index in [1.165, 1.54) is 36.5 Å². The number of methoxy groups -OCH3 is 2. The summed E-state index contributed by atoms with van der Waals surface area (Å²) in [6, 6.07) is 13.8. The zero-order valence-corrected chi connectivity index (χ0v) is 44.5. The maximum atomic E-state index is 14.8. The standard InChI is InChI=1S/C60H70N4O8S/c1-9-53-61-32-52(73-53)59-64-47-17-16-36(35-12-15-39(22-35)48-25-43-26-49(43)63(48)58(68)45(30-55(66)70-8)40-18-20-71-60(5,6)31-40)24-42(47)27-50(64)56-34(4)21-41(28-51(56)72-59)37-13-14-38(23-37)46-11-10-19-62(46)57(67)44(33(2)3)29-54(65)69-7/h12-17,21,24,27-28,32-33,40,43-46,48-49,59H,9-11,18-20,22-23,25-26,29-31H2,1-8H3/t40?,43-,44-,45-,46-,48-,49+,59?/m0/s1. The number of allylic oxidation sites excluding steroid dienone is 6. The Hall–Kier alpha value is -5.79. The van der Waals surface area contributed by atoms with E-state index in [9.17, 15) is 19.2 Å². The van der Waals surface area contributed by atoms with E-state index in [4.69, 9.17) is 23.9 Å². The lowest BCUT2D eigenvalue weighted by Gasteiger charge is -2.40. The lowest BCUT2D eigenvalue weighted by Crippen LogP contribution is -2.48. The highest BCUT2D eigenvalue weighted by Crippen LogP contribution is 2.54. The minimum absolute atomic E-state index is 0.000905. The third kappa shape index (κ3) is 9.20. The van der Waals surface area contributed by atoms with Crippen LogP contribution in [0.25, 0.3) is 33.3 Å². The Morgan fingerprint density at radius 2 is 1.62 bits per heavy atom. The number of benzene rings is 2. The minimum atomic E-state index is -0.428. The molecule has 384 valence electrons. The highest BCUT2D eigenvalue weighted by Gasteiger charge is 2.56. The number of aryl methyl sites for hydroxylation is 2. The molecule has 2 aromatic heterocycles. The van der Waals surface area contributed by atoms with Gasteiger partial charge in [0.05, 0.1) is 77.7 Å². The summed E-state index contributed by atoms with van der Waals surface area (Å²) in [6.45, 7) is 13.8. The smallest absolute Gasteiger partial charge is 0.306 e. The van der Waals surface area contributed by atoms with E-state index < -0.39 is 18.1 Å². The van der Waals surface area contributed by atoms with Gasteiger partial charge in [0.2, 0.25) is 18.0 Å². The van der Waals surface area contributed by atoms with Crippen molar-refractivity contribution < 1.29 is 38.1 Å². The Bertz CT molecular complexity index is 3030. The predicted octanol–water partition coefficient (Wildman–Crippen LogP) is 11.2. The van der Waals surface area contributed by atoms with Gasteiger partial charge < -0.3 is 28.7 Å². The zero-order chi connectivity index (χ0) is 51.0. The van der Waals surface area contributed by atoms with Crippen molar-refractivity contribution in [2.75, 3.05) is 27.4 Å². The Balaban J connectivity index is 0.847. The van der Waals surface area contributed by atoms with E-state index in [2.05, 4.69) is 97.9 Å². The van der Waals surface area contributed by atoms with Crippen LogP contribution in [-0.2, 0) is 39.8 Å². The lowest BCUT2D eigenvalue weighted by molar-refractivity contribution is -0.153. The molecule has 0 spiro atoms. The van der Waals surface area contributed by atoms with Gasteiger partial charge in [-0.1, -0.05) is 57.2 Å². The topological polar surface area (TPSA) is 130 Å². The second-order valence-corrected chi connectivity index (χ2v) is 23.8. The number of carbonyl (C=O) groups excluding carboxylic acids is 4. The van der Waals surface area contributed by atoms with Gasteiger partial charge in [-0.3, -0.25) is 23.7 Å². The van der Waals surface area contributed by atoms with Crippen LogP contribution in [0.1, 0.15) is 132 Å². The van der Waals surface area contributed by atoms with Gasteiger partial charge in [0.1, 0.15) is 5.75 Å². The van der Waals surface area contributed by atoms with Crippen LogP contribution in [0.15, 0.2) is 78.0 Å². The van der Waals surface area contributed by atoms with Gasteiger partial charge in [0.15, 0.2) is 0 Å². The molecule has 2 amide bonds. The normalized spacial score (nSPS) is 25.5. The molecule has 2 aromatic carbocycles. The Morgan fingerprint density at radius 1 is 0.877 bits per heavy atom. The van der Waals surface area contributed by atoms with Gasteiger partial charge >= 0.3 is 11.9 Å². The molecule has 1 saturated carbocycles. The quantitative estimate of drug-likeness (QED) is 0.113. The molecule has 6 heterocycles. The molecule has 4 aliphatic heterocycles. The minimum Gasteiger partial charge on any atom is -0.469 e. The van der Waals surface area contributed by atoms with E-state index in [1.807, 2.05) is 24.9 Å². The molecule has 3 saturated heterocycles. The van der Waals surface area contributed by atoms with Gasteiger partial charge in [-0.2, -0.15) is 0 Å². The van der Waals surface area contributed by atoms with Crippen LogP contribution in [0.5, 0.6) is 5.75 Å². The van der Waals surface area contributed by atoms with Crippen LogP contribution in [0.3, 0.4) is 0 Å². The SMILES string of the molecule is CCc1ncc(C2Oc3cc(C4=CC=C([C@@H]5CCCN5C(=O)[C@@H](CC(=O)OC)C(C)C)C4)cc(C)c3-c3cc4cc(C5=CC=C([C@@H]6C[C@H]7C[C@H]7N6C(=O)[C@@H](CC(=O)OC)C6CCOC(C)(C)C6)C5)ccc4n32)s1. The van der Waals surface area contributed by atoms with Crippen molar-refractivity contribution in [1.82, 2.24) is 19.4 Å². The van der Waals surface area contributed by atoms with Crippen molar-refractivity contribution in [3.8, 4) is 17.0 Å². The number of esters is 2. The summed E-state index contributed by atoms with van der Waals surface area (Å²) in [6.07, 6.45) is 18.3. The predicted molar refractivity (Wildman–Crippen MR) is 283 cm³/mol. The molecule has 0 bridgehead atoms. The maximum absolute atomic E-state index is 14.8. The average molecular weight is 1010 g/mol. The number of piperidine rings is 1. The van der Waals surface area contributed by atoms with Crippen LogP contribution in [-0.4, -0.2) is 94.2 Å². The largest absolute Gasteiger partial charge is 0.469 e. The summed E-state index contributed by atoms with van der Waals surface area (Å²) in [5.41, 5.74) is 11.2. The zero-order valence-electron chi connectivity index (χ0n) is 43.7. The second kappa shape index (κ2) is 19.5. The van der Waals surface area contributed by atoms with Crippen molar-refractivity contribution in [3.63, 3.8) is 0 Å². The van der Waals surface area contributed by atoms with E-state index in [-0.39, 0.29) is 72.2 Å². The highest BCUT2D eigenvalue weighted by molar-refractivity contribution is 7.11. The van der Waals surface area contributed by atoms with E-state index >= 15 is 0 Å². The van der Waals surface area contributed by atoms with Gasteiger partial charge in [0, 0.05) is 36.3 Å². The molecule has 4 aromatic rings. The van der Waals surface area contributed by atoms with E-state index in [0.717, 1.165) is 112 Å². The second-order valence-electron chi connectivity index (χ2n) is 22.7. The van der Waals surface area contributed by atoms with Crippen LogP contribution >= 0.6 is 11.3 Å². The molecule has 3 aliphatic carbocycles. The lowest BCUT2D eigenvalue weighted by atomic mass is 9.77. The summed E-state index contributed by atoms with van der Waals surface area (Å²) in [5.74, 6) is 0.0407. The average Bonchev–Trinajstić information content (AvgIpc) is 4.14. The van der Waals surface area contributed by atoms with Gasteiger partial charge in [-0.15, -0.1) is 11.3 Å². The van der Waals surface area contributed by atoms with E-state index in [0.29, 0.717) is 19.1 Å². The first kappa shape index (κ1) is 49.4. The molecule has 12 nitrogen and oxygen atoms in total. The highest BCUT2D eigenvalue weighted by atomic mass is 32.1. The summed E-state index contributed by atoms with van der Waals surface area (Å²) in [7, 11) is 2.79. The number of thiazole rings is 1. The molecule has 11 rings (SSSR count). The van der Waals surface area contributed by atoms with Crippen molar-refractivity contribution in [2.24, 2.45) is 29.6 Å². The molecule has 73 heavy (non-hydrogen) atoms. The number of rotatable bonds is 14. The first-order valence-corrected chi connectivity index (χ1v) is 27.6. The number of amides is 2. The van der Waals surface area contributed by atoms with Crippen LogP contribution in [0.4, 0.5) is 0 Å². The van der Waals surface area contributed by atoms with Crippen molar-refractivity contribution >= 4 is 57.1 Å². The fraction of sp³-hybridized carbons (Fsp3) is 0.517. The number of hydrogen-bond acceptors (Lipinski definition) is 10. The summed E-state index contributed by atoms with van der Waals surface area (Å²) in [5, 5.41) is 2.20. The van der Waals surface area contributed by atoms with Gasteiger partial charge in [0.25, 0.3) is 0 Å². The molecule has 13 heteroatoms. The van der Waals surface area contributed by atoms with Crippen molar-refractivity contribution in [1.29, 1.82) is 0 Å². The monoisotopic (exact) mass is 1010 g/mol. The molecule has 4 fully saturated rings. The van der Waals surface area contributed by atoms with Crippen molar-refractivity contribution in [3.05, 3.63) is 105 Å². The van der Waals surface area contributed by atoms with Crippen LogP contribution < -0.4 is 4.74 Å². The molecule has 0 N–H and O–H groups in total. The Labute approximate surface area is 433 Å². The number of aromatic nitrogens is 2. The molecule has 7 aliphatic rings.